The van der Waals surface area contributed by atoms with E-state index in [1.807, 2.05) is 19.1 Å². The molecule has 2 aromatic heterocycles. The van der Waals surface area contributed by atoms with E-state index in [1.165, 1.54) is 37.5 Å². The molecule has 4 aromatic rings. The van der Waals surface area contributed by atoms with Crippen LogP contribution in [0.15, 0.2) is 84.7 Å². The fourth-order valence-corrected chi connectivity index (χ4v) is 7.64. The molecule has 1 aliphatic rings. The standard InChI is InChI=1S/C30H29F2N3O5S2/c1-5-41(36,37)34-22-10-12-27(40-28-11-9-21(31)17-26(28)32)25(18-22)23-13-15-33-29-24(23)14-16-35(29)42(38,39)30(4)19(2)7-6-8-20(30)3/h6-19,34H,5H2,1-4H3. The van der Waals surface area contributed by atoms with Crippen LogP contribution in [0.2, 0.25) is 0 Å². The lowest BCUT2D eigenvalue weighted by Crippen LogP contribution is -2.46. The highest BCUT2D eigenvalue weighted by Crippen LogP contribution is 2.42. The molecule has 0 saturated heterocycles. The average Bonchev–Trinajstić information content (AvgIpc) is 3.39. The van der Waals surface area contributed by atoms with Gasteiger partial charge in [0.2, 0.25) is 20.0 Å². The number of rotatable bonds is 8. The Morgan fingerprint density at radius 1 is 1.02 bits per heavy atom. The highest BCUT2D eigenvalue weighted by molar-refractivity contribution is 7.92. The molecule has 220 valence electrons. The fraction of sp³-hybridized carbons (Fsp3) is 0.233. The van der Waals surface area contributed by atoms with E-state index in [4.69, 9.17) is 4.74 Å². The van der Waals surface area contributed by atoms with Crippen LogP contribution in [0.5, 0.6) is 11.5 Å². The quantitative estimate of drug-likeness (QED) is 0.239. The van der Waals surface area contributed by atoms with Crippen molar-refractivity contribution in [2.75, 3.05) is 10.5 Å². The van der Waals surface area contributed by atoms with Crippen LogP contribution in [0.3, 0.4) is 0 Å². The first-order valence-corrected chi connectivity index (χ1v) is 16.2. The molecular weight excluding hydrogens is 584 g/mol. The number of anilines is 1. The zero-order valence-corrected chi connectivity index (χ0v) is 24.9. The predicted molar refractivity (Wildman–Crippen MR) is 159 cm³/mol. The Morgan fingerprint density at radius 3 is 2.45 bits per heavy atom. The van der Waals surface area contributed by atoms with Gasteiger partial charge in [-0.2, -0.15) is 0 Å². The molecule has 1 N–H and O–H groups in total. The van der Waals surface area contributed by atoms with Crippen molar-refractivity contribution in [3.8, 4) is 22.6 Å². The number of sulfonamides is 1. The van der Waals surface area contributed by atoms with Gasteiger partial charge in [-0.3, -0.25) is 4.72 Å². The first-order chi connectivity index (χ1) is 19.8. The normalized spacial score (nSPS) is 19.1. The molecule has 0 radical (unpaired) electrons. The van der Waals surface area contributed by atoms with Crippen LogP contribution in [0.1, 0.15) is 27.7 Å². The maximum absolute atomic E-state index is 14.5. The molecule has 12 heteroatoms. The summed E-state index contributed by atoms with van der Waals surface area (Å²) in [6.45, 7) is 6.80. The molecule has 0 spiro atoms. The molecule has 1 aliphatic carbocycles. The lowest BCUT2D eigenvalue weighted by molar-refractivity contribution is 0.439. The molecule has 0 aliphatic heterocycles. The lowest BCUT2D eigenvalue weighted by atomic mass is 9.85. The molecule has 42 heavy (non-hydrogen) atoms. The maximum Gasteiger partial charge on any atom is 0.250 e. The smallest absolute Gasteiger partial charge is 0.250 e. The summed E-state index contributed by atoms with van der Waals surface area (Å²) < 4.78 is 89.2. The fourth-order valence-electron chi connectivity index (χ4n) is 4.98. The summed E-state index contributed by atoms with van der Waals surface area (Å²) in [6, 6.07) is 10.5. The Morgan fingerprint density at radius 2 is 1.76 bits per heavy atom. The summed E-state index contributed by atoms with van der Waals surface area (Å²) in [5, 5.41) is 0.435. The number of benzene rings is 2. The number of hydrogen-bond acceptors (Lipinski definition) is 6. The zero-order valence-electron chi connectivity index (χ0n) is 23.3. The van der Waals surface area contributed by atoms with Crippen molar-refractivity contribution < 1.29 is 30.4 Å². The third-order valence-electron chi connectivity index (χ3n) is 7.78. The number of aromatic nitrogens is 2. The summed E-state index contributed by atoms with van der Waals surface area (Å²) in [5.74, 6) is -2.31. The second-order valence-corrected chi connectivity index (χ2v) is 14.4. The molecule has 0 fully saturated rings. The monoisotopic (exact) mass is 613 g/mol. The number of fused-ring (bicyclic) bond motifs is 1. The number of nitrogens with one attached hydrogen (secondary N) is 1. The first kappa shape index (κ1) is 29.5. The minimum absolute atomic E-state index is 0.125. The van der Waals surface area contributed by atoms with Gasteiger partial charge in [0, 0.05) is 35.1 Å². The third kappa shape index (κ3) is 4.98. The van der Waals surface area contributed by atoms with E-state index in [1.54, 1.807) is 32.1 Å². The van der Waals surface area contributed by atoms with Gasteiger partial charge in [-0.1, -0.05) is 30.7 Å². The number of hydrogen-bond donors (Lipinski definition) is 1. The summed E-state index contributed by atoms with van der Waals surface area (Å²) in [6.07, 6.45) is 8.33. The molecule has 2 unspecified atom stereocenters. The van der Waals surface area contributed by atoms with Crippen LogP contribution < -0.4 is 9.46 Å². The van der Waals surface area contributed by atoms with Gasteiger partial charge in [-0.05, 0) is 74.7 Å². The molecule has 0 saturated carbocycles. The Labute approximate surface area is 243 Å². The molecular formula is C30H29F2N3O5S2. The first-order valence-electron chi connectivity index (χ1n) is 13.1. The minimum atomic E-state index is -4.02. The topological polar surface area (TPSA) is 107 Å². The minimum Gasteiger partial charge on any atom is -0.454 e. The van der Waals surface area contributed by atoms with Crippen molar-refractivity contribution in [2.45, 2.75) is 32.4 Å². The summed E-state index contributed by atoms with van der Waals surface area (Å²) >= 11 is 0. The van der Waals surface area contributed by atoms with Crippen LogP contribution >= 0.6 is 0 Å². The van der Waals surface area contributed by atoms with Gasteiger partial charge < -0.3 is 4.74 Å². The molecule has 2 heterocycles. The Bertz CT molecular complexity index is 1990. The second-order valence-electron chi connectivity index (χ2n) is 10.2. The van der Waals surface area contributed by atoms with Gasteiger partial charge in [0.15, 0.2) is 17.2 Å². The van der Waals surface area contributed by atoms with E-state index in [-0.39, 0.29) is 34.5 Å². The summed E-state index contributed by atoms with van der Waals surface area (Å²) in [7, 11) is -7.66. The van der Waals surface area contributed by atoms with Crippen LogP contribution in [0.4, 0.5) is 14.5 Å². The molecule has 0 bridgehead atoms. The van der Waals surface area contributed by atoms with Crippen LogP contribution in [-0.4, -0.2) is 36.3 Å². The zero-order chi connectivity index (χ0) is 30.4. The highest BCUT2D eigenvalue weighted by atomic mass is 32.2. The van der Waals surface area contributed by atoms with E-state index in [2.05, 4.69) is 9.71 Å². The van der Waals surface area contributed by atoms with E-state index in [9.17, 15) is 25.6 Å². The van der Waals surface area contributed by atoms with Crippen LogP contribution in [-0.2, 0) is 20.0 Å². The second kappa shape index (κ2) is 10.7. The van der Waals surface area contributed by atoms with E-state index < -0.39 is 36.4 Å². The molecule has 0 amide bonds. The van der Waals surface area contributed by atoms with Crippen molar-refractivity contribution in [3.05, 3.63) is 96.4 Å². The maximum atomic E-state index is 14.5. The van der Waals surface area contributed by atoms with Gasteiger partial charge in [0.25, 0.3) is 0 Å². The van der Waals surface area contributed by atoms with Crippen molar-refractivity contribution in [2.24, 2.45) is 5.92 Å². The van der Waals surface area contributed by atoms with Crippen LogP contribution in [0.25, 0.3) is 22.2 Å². The van der Waals surface area contributed by atoms with E-state index in [0.29, 0.717) is 28.2 Å². The molecule has 8 nitrogen and oxygen atoms in total. The van der Waals surface area contributed by atoms with Crippen molar-refractivity contribution >= 4 is 36.8 Å². The SMILES string of the molecule is CCS(=O)(=O)Nc1ccc(Oc2ccc(F)cc2F)c(-c2ccnc3c2ccn3S(=O)(=O)C2(C)C(C)=CC=CC2C)c1. The summed E-state index contributed by atoms with van der Waals surface area (Å²) in [5.41, 5.74) is 1.84. The van der Waals surface area contributed by atoms with E-state index in [0.717, 1.165) is 16.1 Å². The van der Waals surface area contributed by atoms with E-state index >= 15 is 0 Å². The van der Waals surface area contributed by atoms with Gasteiger partial charge in [0.05, 0.1) is 5.75 Å². The average molecular weight is 614 g/mol. The number of allylic oxidation sites excluding steroid dienone is 3. The third-order valence-corrected chi connectivity index (χ3v) is 11.7. The Kier molecular flexibility index (Phi) is 7.48. The Balaban J connectivity index is 1.69. The van der Waals surface area contributed by atoms with Gasteiger partial charge in [0.1, 0.15) is 16.3 Å². The number of pyridine rings is 1. The molecule has 2 aromatic carbocycles. The van der Waals surface area contributed by atoms with Crippen molar-refractivity contribution in [3.63, 3.8) is 0 Å². The molecule has 2 atom stereocenters. The summed E-state index contributed by atoms with van der Waals surface area (Å²) in [4.78, 5) is 4.39. The van der Waals surface area contributed by atoms with Crippen LogP contribution in [0, 0.1) is 17.6 Å². The number of halogens is 2. The van der Waals surface area contributed by atoms with Gasteiger partial charge in [-0.25, -0.2) is 34.6 Å². The number of nitrogens with zero attached hydrogens (tertiary/aromatic N) is 2. The highest BCUT2D eigenvalue weighted by Gasteiger charge is 2.47. The predicted octanol–water partition coefficient (Wildman–Crippen LogP) is 6.62. The van der Waals surface area contributed by atoms with Gasteiger partial charge >= 0.3 is 0 Å². The van der Waals surface area contributed by atoms with Gasteiger partial charge in [-0.15, -0.1) is 0 Å². The Hall–Kier alpha value is -4.03. The largest absolute Gasteiger partial charge is 0.454 e. The number of ether oxygens (including phenoxy) is 1. The lowest BCUT2D eigenvalue weighted by Gasteiger charge is -2.36. The van der Waals surface area contributed by atoms with Crippen molar-refractivity contribution in [1.29, 1.82) is 0 Å². The molecule has 5 rings (SSSR count). The van der Waals surface area contributed by atoms with Crippen molar-refractivity contribution in [1.82, 2.24) is 8.96 Å².